The van der Waals surface area contributed by atoms with Gasteiger partial charge in [0.15, 0.2) is 0 Å². The highest BCUT2D eigenvalue weighted by molar-refractivity contribution is 9.10. The third-order valence-corrected chi connectivity index (χ3v) is 3.31. The molecule has 2 rings (SSSR count). The van der Waals surface area contributed by atoms with Crippen molar-refractivity contribution in [1.82, 2.24) is 0 Å². The summed E-state index contributed by atoms with van der Waals surface area (Å²) in [6.07, 6.45) is 0. The van der Waals surface area contributed by atoms with Gasteiger partial charge >= 0.3 is 5.97 Å². The van der Waals surface area contributed by atoms with Gasteiger partial charge in [0.1, 0.15) is 5.82 Å². The van der Waals surface area contributed by atoms with Crippen molar-refractivity contribution in [2.45, 2.75) is 6.92 Å². The van der Waals surface area contributed by atoms with E-state index in [9.17, 15) is 9.18 Å². The molecule has 5 heteroatoms. The molecule has 0 radical (unpaired) electrons. The Morgan fingerprint density at radius 1 is 1.21 bits per heavy atom. The van der Waals surface area contributed by atoms with E-state index in [-0.39, 0.29) is 11.4 Å². The molecule has 0 atom stereocenters. The van der Waals surface area contributed by atoms with Crippen LogP contribution in [0.4, 0.5) is 15.8 Å². The third kappa shape index (κ3) is 3.12. The fourth-order valence-electron chi connectivity index (χ4n) is 1.72. The number of hydrogen-bond acceptors (Lipinski definition) is 2. The zero-order valence-electron chi connectivity index (χ0n) is 10.1. The average Bonchev–Trinajstić information content (AvgIpc) is 2.33. The molecule has 3 nitrogen and oxygen atoms in total. The van der Waals surface area contributed by atoms with E-state index in [4.69, 9.17) is 5.11 Å². The fraction of sp³-hybridized carbons (Fsp3) is 0.0714. The lowest BCUT2D eigenvalue weighted by molar-refractivity contribution is 0.0696. The zero-order valence-corrected chi connectivity index (χ0v) is 11.7. The van der Waals surface area contributed by atoms with Crippen molar-refractivity contribution in [3.8, 4) is 0 Å². The molecule has 2 aromatic carbocycles. The molecule has 2 N–H and O–H groups in total. The first kappa shape index (κ1) is 13.5. The lowest BCUT2D eigenvalue weighted by Gasteiger charge is -2.09. The number of carboxylic acid groups (broad SMARTS) is 1. The van der Waals surface area contributed by atoms with Gasteiger partial charge in [-0.2, -0.15) is 0 Å². The van der Waals surface area contributed by atoms with Crippen molar-refractivity contribution in [1.29, 1.82) is 0 Å². The largest absolute Gasteiger partial charge is 0.478 e. The molecular formula is C14H11BrFNO2. The van der Waals surface area contributed by atoms with Crippen LogP contribution in [0.2, 0.25) is 0 Å². The number of aromatic carboxylic acids is 1. The van der Waals surface area contributed by atoms with E-state index in [2.05, 4.69) is 21.2 Å². The van der Waals surface area contributed by atoms with E-state index in [1.807, 2.05) is 0 Å². The second kappa shape index (κ2) is 5.40. The van der Waals surface area contributed by atoms with Crippen molar-refractivity contribution in [3.63, 3.8) is 0 Å². The van der Waals surface area contributed by atoms with Gasteiger partial charge in [0.25, 0.3) is 0 Å². The van der Waals surface area contributed by atoms with Crippen LogP contribution in [0.1, 0.15) is 15.9 Å². The number of nitrogens with one attached hydrogen (secondary N) is 1. The van der Waals surface area contributed by atoms with E-state index in [1.165, 1.54) is 12.1 Å². The predicted octanol–water partition coefficient (Wildman–Crippen LogP) is 4.34. The predicted molar refractivity (Wildman–Crippen MR) is 75.5 cm³/mol. The minimum Gasteiger partial charge on any atom is -0.478 e. The van der Waals surface area contributed by atoms with E-state index in [0.717, 1.165) is 0 Å². The molecule has 0 aliphatic carbocycles. The highest BCUT2D eigenvalue weighted by Crippen LogP contribution is 2.23. The van der Waals surface area contributed by atoms with Crippen LogP contribution >= 0.6 is 15.9 Å². The Morgan fingerprint density at radius 2 is 1.84 bits per heavy atom. The van der Waals surface area contributed by atoms with Crippen molar-refractivity contribution >= 4 is 33.3 Å². The Labute approximate surface area is 118 Å². The summed E-state index contributed by atoms with van der Waals surface area (Å²) in [5, 5.41) is 12.0. The van der Waals surface area contributed by atoms with Gasteiger partial charge < -0.3 is 10.4 Å². The number of rotatable bonds is 3. The topological polar surface area (TPSA) is 49.3 Å². The van der Waals surface area contributed by atoms with Gasteiger partial charge in [-0.1, -0.05) is 0 Å². The number of aryl methyl sites for hydroxylation is 1. The van der Waals surface area contributed by atoms with Crippen LogP contribution in [0, 0.1) is 12.7 Å². The third-order valence-electron chi connectivity index (χ3n) is 2.67. The average molecular weight is 324 g/mol. The number of carboxylic acids is 1. The molecule has 0 spiro atoms. The van der Waals surface area contributed by atoms with E-state index < -0.39 is 5.97 Å². The van der Waals surface area contributed by atoms with E-state index >= 15 is 0 Å². The molecule has 19 heavy (non-hydrogen) atoms. The lowest BCUT2D eigenvalue weighted by Crippen LogP contribution is -2.00. The Balaban J connectivity index is 2.26. The Kier molecular flexibility index (Phi) is 3.85. The SMILES string of the molecule is Cc1cc(Nc2ccc(Br)c(F)c2)ccc1C(=O)O. The van der Waals surface area contributed by atoms with Crippen LogP contribution < -0.4 is 5.32 Å². The first-order valence-corrected chi connectivity index (χ1v) is 6.32. The van der Waals surface area contributed by atoms with Crippen LogP contribution in [-0.4, -0.2) is 11.1 Å². The highest BCUT2D eigenvalue weighted by atomic mass is 79.9. The van der Waals surface area contributed by atoms with Crippen molar-refractivity contribution < 1.29 is 14.3 Å². The Hall–Kier alpha value is -1.88. The van der Waals surface area contributed by atoms with Gasteiger partial charge in [-0.25, -0.2) is 9.18 Å². The van der Waals surface area contributed by atoms with Crippen molar-refractivity contribution in [3.05, 3.63) is 57.8 Å². The fourth-order valence-corrected chi connectivity index (χ4v) is 1.97. The number of carbonyl (C=O) groups is 1. The highest BCUT2D eigenvalue weighted by Gasteiger charge is 2.07. The van der Waals surface area contributed by atoms with Gasteiger partial charge in [-0.3, -0.25) is 0 Å². The number of hydrogen-bond donors (Lipinski definition) is 2. The number of benzene rings is 2. The first-order chi connectivity index (χ1) is 8.97. The summed E-state index contributed by atoms with van der Waals surface area (Å²) in [7, 11) is 0. The molecule has 98 valence electrons. The van der Waals surface area contributed by atoms with E-state index in [0.29, 0.717) is 21.4 Å². The standard InChI is InChI=1S/C14H11BrFNO2/c1-8-6-9(2-4-11(8)14(18)19)17-10-3-5-12(15)13(16)7-10/h2-7,17H,1H3,(H,18,19). The Morgan fingerprint density at radius 3 is 2.42 bits per heavy atom. The summed E-state index contributed by atoms with van der Waals surface area (Å²) >= 11 is 3.08. The first-order valence-electron chi connectivity index (χ1n) is 5.53. The molecule has 0 amide bonds. The van der Waals surface area contributed by atoms with Gasteiger partial charge in [-0.05, 0) is 64.8 Å². The van der Waals surface area contributed by atoms with Crippen LogP contribution in [0.25, 0.3) is 0 Å². The molecule has 2 aromatic rings. The summed E-state index contributed by atoms with van der Waals surface area (Å²) < 4.78 is 13.8. The molecule has 0 unspecified atom stereocenters. The molecule has 0 aliphatic rings. The zero-order chi connectivity index (χ0) is 14.0. The van der Waals surface area contributed by atoms with Crippen molar-refractivity contribution in [2.75, 3.05) is 5.32 Å². The maximum Gasteiger partial charge on any atom is 0.335 e. The second-order valence-electron chi connectivity index (χ2n) is 4.09. The van der Waals surface area contributed by atoms with Gasteiger partial charge in [0.2, 0.25) is 0 Å². The molecule has 0 bridgehead atoms. The molecule has 0 fully saturated rings. The lowest BCUT2D eigenvalue weighted by atomic mass is 10.1. The molecular weight excluding hydrogens is 313 g/mol. The van der Waals surface area contributed by atoms with Crippen LogP contribution in [0.5, 0.6) is 0 Å². The summed E-state index contributed by atoms with van der Waals surface area (Å²) in [4.78, 5) is 10.9. The van der Waals surface area contributed by atoms with Gasteiger partial charge in [0, 0.05) is 11.4 Å². The smallest absolute Gasteiger partial charge is 0.335 e. The van der Waals surface area contributed by atoms with Crippen LogP contribution in [0.15, 0.2) is 40.9 Å². The number of halogens is 2. The molecule has 0 aliphatic heterocycles. The van der Waals surface area contributed by atoms with Gasteiger partial charge in [-0.15, -0.1) is 0 Å². The molecule has 0 saturated heterocycles. The van der Waals surface area contributed by atoms with Crippen LogP contribution in [0.3, 0.4) is 0 Å². The summed E-state index contributed by atoms with van der Waals surface area (Å²) in [6.45, 7) is 1.72. The molecule has 0 saturated carbocycles. The normalized spacial score (nSPS) is 10.3. The summed E-state index contributed by atoms with van der Waals surface area (Å²) in [6, 6.07) is 9.59. The van der Waals surface area contributed by atoms with Crippen molar-refractivity contribution in [2.24, 2.45) is 0 Å². The maximum atomic E-state index is 13.4. The summed E-state index contributed by atoms with van der Waals surface area (Å²) in [5.74, 6) is -1.32. The van der Waals surface area contributed by atoms with Crippen LogP contribution in [-0.2, 0) is 0 Å². The minimum atomic E-state index is -0.960. The van der Waals surface area contributed by atoms with Gasteiger partial charge in [0.05, 0.1) is 10.0 Å². The summed E-state index contributed by atoms with van der Waals surface area (Å²) in [5.41, 5.74) is 2.22. The second-order valence-corrected chi connectivity index (χ2v) is 4.94. The monoisotopic (exact) mass is 323 g/mol. The molecule has 0 heterocycles. The minimum absolute atomic E-state index is 0.257. The maximum absolute atomic E-state index is 13.4. The number of anilines is 2. The quantitative estimate of drug-likeness (QED) is 0.883. The Bertz CT molecular complexity index is 643. The molecule has 0 aromatic heterocycles. The van der Waals surface area contributed by atoms with E-state index in [1.54, 1.807) is 31.2 Å².